The van der Waals surface area contributed by atoms with Crippen molar-refractivity contribution >= 4 is 5.97 Å². The quantitative estimate of drug-likeness (QED) is 0.122. The Bertz CT molecular complexity index is 381. The van der Waals surface area contributed by atoms with Gasteiger partial charge in [-0.05, 0) is 13.3 Å². The van der Waals surface area contributed by atoms with E-state index in [9.17, 15) is 4.79 Å². The molecule has 0 heterocycles. The molecule has 0 aromatic heterocycles. The Hall–Kier alpha value is -0.770. The molecule has 0 N–H and O–H groups in total. The fraction of sp³-hybridized carbons (Fsp3) is 0.960. The van der Waals surface area contributed by atoms with Crippen molar-refractivity contribution < 1.29 is 38.0 Å². The van der Waals surface area contributed by atoms with Gasteiger partial charge in [-0.2, -0.15) is 0 Å². The lowest BCUT2D eigenvalue weighted by Gasteiger charge is -2.08. The molecular weight excluding hydrogens is 428 g/mol. The molecule has 0 aromatic carbocycles. The number of carbonyl (C=O) groups excluding carboxylic acids is 1. The second kappa shape index (κ2) is 29.3. The second-order valence-corrected chi connectivity index (χ2v) is 7.70. The van der Waals surface area contributed by atoms with E-state index >= 15 is 0 Å². The molecule has 0 aliphatic rings. The normalized spacial score (nSPS) is 11.2. The standard InChI is InChI=1S/C25H50O8/c1-3-5-6-7-8-9-10-11-13-27-15-17-29-19-21-31-23-24-32-22-20-30-18-16-28-14-12-25(26)33-4-2/h3-24H2,1-2H3. The lowest BCUT2D eigenvalue weighted by molar-refractivity contribution is -0.144. The van der Waals surface area contributed by atoms with E-state index in [1.54, 1.807) is 6.92 Å². The molecule has 0 radical (unpaired) electrons. The number of hydrogen-bond donors (Lipinski definition) is 0. The van der Waals surface area contributed by atoms with Gasteiger partial charge in [0, 0.05) is 6.61 Å². The van der Waals surface area contributed by atoms with E-state index in [4.69, 9.17) is 33.2 Å². The van der Waals surface area contributed by atoms with E-state index in [-0.39, 0.29) is 12.4 Å². The van der Waals surface area contributed by atoms with Gasteiger partial charge in [-0.25, -0.2) is 0 Å². The van der Waals surface area contributed by atoms with Crippen molar-refractivity contribution in [2.75, 3.05) is 85.9 Å². The maximum absolute atomic E-state index is 11.1. The second-order valence-electron chi connectivity index (χ2n) is 7.70. The Balaban J connectivity index is 3.03. The van der Waals surface area contributed by atoms with Gasteiger partial charge in [0.2, 0.25) is 0 Å². The molecule has 0 amide bonds. The van der Waals surface area contributed by atoms with E-state index in [0.717, 1.165) is 13.0 Å². The summed E-state index contributed by atoms with van der Waals surface area (Å²) in [5.41, 5.74) is 0. The summed E-state index contributed by atoms with van der Waals surface area (Å²) in [4.78, 5) is 11.1. The number of rotatable bonds is 28. The van der Waals surface area contributed by atoms with Gasteiger partial charge in [-0.1, -0.05) is 51.9 Å². The van der Waals surface area contributed by atoms with Crippen LogP contribution in [0.25, 0.3) is 0 Å². The van der Waals surface area contributed by atoms with Crippen LogP contribution in [-0.2, 0) is 38.0 Å². The molecule has 0 atom stereocenters. The van der Waals surface area contributed by atoms with E-state index in [0.29, 0.717) is 79.3 Å². The van der Waals surface area contributed by atoms with Gasteiger partial charge in [0.25, 0.3) is 0 Å². The highest BCUT2D eigenvalue weighted by Crippen LogP contribution is 2.08. The number of esters is 1. The topological polar surface area (TPSA) is 81.7 Å². The molecule has 0 saturated carbocycles. The van der Waals surface area contributed by atoms with Crippen LogP contribution in [0.1, 0.15) is 71.6 Å². The Morgan fingerprint density at radius 3 is 1.24 bits per heavy atom. The average Bonchev–Trinajstić information content (AvgIpc) is 2.81. The molecule has 0 fully saturated rings. The van der Waals surface area contributed by atoms with E-state index < -0.39 is 0 Å². The van der Waals surface area contributed by atoms with Crippen molar-refractivity contribution in [3.8, 4) is 0 Å². The van der Waals surface area contributed by atoms with E-state index in [2.05, 4.69) is 6.92 Å². The molecule has 198 valence electrons. The number of ether oxygens (including phenoxy) is 7. The molecule has 0 saturated heterocycles. The van der Waals surface area contributed by atoms with Crippen molar-refractivity contribution in [3.63, 3.8) is 0 Å². The molecule has 0 aromatic rings. The summed E-state index contributed by atoms with van der Waals surface area (Å²) in [5.74, 6) is -0.237. The van der Waals surface area contributed by atoms with Crippen molar-refractivity contribution in [3.05, 3.63) is 0 Å². The maximum Gasteiger partial charge on any atom is 0.308 e. The zero-order valence-electron chi connectivity index (χ0n) is 21.3. The van der Waals surface area contributed by atoms with Gasteiger partial charge in [0.15, 0.2) is 0 Å². The highest BCUT2D eigenvalue weighted by atomic mass is 16.6. The van der Waals surface area contributed by atoms with Crippen LogP contribution in [-0.4, -0.2) is 91.9 Å². The zero-order chi connectivity index (χ0) is 24.1. The summed E-state index contributed by atoms with van der Waals surface area (Å²) in [7, 11) is 0. The minimum Gasteiger partial charge on any atom is -0.466 e. The van der Waals surface area contributed by atoms with Crippen molar-refractivity contribution in [2.45, 2.75) is 71.6 Å². The van der Waals surface area contributed by atoms with Crippen LogP contribution in [0.15, 0.2) is 0 Å². The molecular formula is C25H50O8. The molecule has 0 rings (SSSR count). The molecule has 33 heavy (non-hydrogen) atoms. The predicted molar refractivity (Wildman–Crippen MR) is 129 cm³/mol. The Labute approximate surface area is 201 Å². The number of carbonyl (C=O) groups is 1. The zero-order valence-corrected chi connectivity index (χ0v) is 21.3. The molecule has 0 bridgehead atoms. The SMILES string of the molecule is CCCCCCCCCCOCCOCCOCCOCCOCCOCCC(=O)OCC. The van der Waals surface area contributed by atoms with Crippen LogP contribution in [0.5, 0.6) is 0 Å². The first-order valence-electron chi connectivity index (χ1n) is 12.9. The first kappa shape index (κ1) is 32.2. The first-order valence-corrected chi connectivity index (χ1v) is 12.9. The lowest BCUT2D eigenvalue weighted by Crippen LogP contribution is -2.14. The summed E-state index contributed by atoms with van der Waals surface area (Å²) in [6, 6.07) is 0. The number of unbranched alkanes of at least 4 members (excludes halogenated alkanes) is 7. The van der Waals surface area contributed by atoms with Crippen LogP contribution < -0.4 is 0 Å². The van der Waals surface area contributed by atoms with Gasteiger partial charge >= 0.3 is 5.97 Å². The van der Waals surface area contributed by atoms with Gasteiger partial charge in [-0.3, -0.25) is 4.79 Å². The van der Waals surface area contributed by atoms with Crippen LogP contribution in [0, 0.1) is 0 Å². The lowest BCUT2D eigenvalue weighted by atomic mass is 10.1. The number of hydrogen-bond acceptors (Lipinski definition) is 8. The van der Waals surface area contributed by atoms with Crippen LogP contribution in [0.2, 0.25) is 0 Å². The Morgan fingerprint density at radius 1 is 0.455 bits per heavy atom. The third-order valence-corrected chi connectivity index (χ3v) is 4.76. The van der Waals surface area contributed by atoms with E-state index in [1.165, 1.54) is 44.9 Å². The van der Waals surface area contributed by atoms with Crippen molar-refractivity contribution in [1.29, 1.82) is 0 Å². The highest BCUT2D eigenvalue weighted by molar-refractivity contribution is 5.69. The highest BCUT2D eigenvalue weighted by Gasteiger charge is 2.00. The largest absolute Gasteiger partial charge is 0.466 e. The molecule has 0 unspecified atom stereocenters. The monoisotopic (exact) mass is 478 g/mol. The van der Waals surface area contributed by atoms with E-state index in [1.807, 2.05) is 0 Å². The molecule has 0 aliphatic heterocycles. The minimum atomic E-state index is -0.237. The Morgan fingerprint density at radius 2 is 0.818 bits per heavy atom. The Kier molecular flexibility index (Phi) is 28.6. The third-order valence-electron chi connectivity index (χ3n) is 4.76. The fourth-order valence-electron chi connectivity index (χ4n) is 2.93. The van der Waals surface area contributed by atoms with Crippen molar-refractivity contribution in [2.24, 2.45) is 0 Å². The predicted octanol–water partition coefficient (Wildman–Crippen LogP) is 4.18. The van der Waals surface area contributed by atoms with Gasteiger partial charge < -0.3 is 33.2 Å². The van der Waals surface area contributed by atoms with Gasteiger partial charge in [0.1, 0.15) is 0 Å². The van der Waals surface area contributed by atoms with Crippen LogP contribution >= 0.6 is 0 Å². The fourth-order valence-corrected chi connectivity index (χ4v) is 2.93. The summed E-state index contributed by atoms with van der Waals surface area (Å²) in [6.07, 6.45) is 10.8. The average molecular weight is 479 g/mol. The maximum atomic E-state index is 11.1. The molecule has 0 spiro atoms. The smallest absolute Gasteiger partial charge is 0.308 e. The summed E-state index contributed by atoms with van der Waals surface area (Å²) in [6.45, 7) is 11.0. The molecule has 8 heteroatoms. The summed E-state index contributed by atoms with van der Waals surface area (Å²) in [5, 5.41) is 0. The van der Waals surface area contributed by atoms with Gasteiger partial charge in [-0.15, -0.1) is 0 Å². The minimum absolute atomic E-state index is 0.237. The molecule has 8 nitrogen and oxygen atoms in total. The van der Waals surface area contributed by atoms with Crippen LogP contribution in [0.3, 0.4) is 0 Å². The van der Waals surface area contributed by atoms with Gasteiger partial charge in [0.05, 0.1) is 85.7 Å². The summed E-state index contributed by atoms with van der Waals surface area (Å²) < 4.78 is 37.5. The third kappa shape index (κ3) is 29.2. The summed E-state index contributed by atoms with van der Waals surface area (Å²) >= 11 is 0. The first-order chi connectivity index (χ1) is 16.3. The van der Waals surface area contributed by atoms with Crippen molar-refractivity contribution in [1.82, 2.24) is 0 Å². The molecule has 0 aliphatic carbocycles. The van der Waals surface area contributed by atoms with Crippen LogP contribution in [0.4, 0.5) is 0 Å².